The maximum atomic E-state index is 12.8. The van der Waals surface area contributed by atoms with Crippen LogP contribution in [-0.4, -0.2) is 34.9 Å². The molecule has 1 aliphatic carbocycles. The van der Waals surface area contributed by atoms with Crippen molar-refractivity contribution >= 4 is 11.8 Å². The Labute approximate surface area is 149 Å². The van der Waals surface area contributed by atoms with E-state index in [0.717, 1.165) is 43.4 Å². The second kappa shape index (κ2) is 6.70. The quantitative estimate of drug-likeness (QED) is 0.867. The summed E-state index contributed by atoms with van der Waals surface area (Å²) in [6.45, 7) is 6.99. The largest absolute Gasteiger partial charge is 0.508 e. The number of nitrogens with one attached hydrogen (secondary N) is 1. The van der Waals surface area contributed by atoms with E-state index in [1.165, 1.54) is 0 Å². The summed E-state index contributed by atoms with van der Waals surface area (Å²) in [6, 6.07) is 5.45. The maximum absolute atomic E-state index is 12.8. The molecular weight excluding hydrogens is 316 g/mol. The highest BCUT2D eigenvalue weighted by molar-refractivity contribution is 5.84. The lowest BCUT2D eigenvalue weighted by Gasteiger charge is -2.36. The molecule has 0 radical (unpaired) electrons. The number of piperidine rings is 1. The zero-order valence-electron chi connectivity index (χ0n) is 15.3. The van der Waals surface area contributed by atoms with E-state index >= 15 is 0 Å². The summed E-state index contributed by atoms with van der Waals surface area (Å²) < 4.78 is 0. The molecule has 2 aliphatic rings. The lowest BCUT2D eigenvalue weighted by Crippen LogP contribution is -2.49. The van der Waals surface area contributed by atoms with Gasteiger partial charge in [0.05, 0.1) is 12.0 Å². The molecule has 0 bridgehead atoms. The van der Waals surface area contributed by atoms with Gasteiger partial charge in [0, 0.05) is 18.5 Å². The predicted molar refractivity (Wildman–Crippen MR) is 96.1 cm³/mol. The van der Waals surface area contributed by atoms with Crippen molar-refractivity contribution in [1.29, 1.82) is 0 Å². The molecule has 0 spiro atoms. The van der Waals surface area contributed by atoms with Gasteiger partial charge in [-0.05, 0) is 42.9 Å². The van der Waals surface area contributed by atoms with Crippen LogP contribution in [0.4, 0.5) is 0 Å². The molecule has 2 N–H and O–H groups in total. The zero-order chi connectivity index (χ0) is 18.2. The number of nitrogens with zero attached hydrogens (tertiary/aromatic N) is 1. The predicted octanol–water partition coefficient (Wildman–Crippen LogP) is 2.78. The summed E-state index contributed by atoms with van der Waals surface area (Å²) in [6.07, 6.45) is 3.28. The van der Waals surface area contributed by atoms with E-state index in [0.29, 0.717) is 12.3 Å². The lowest BCUT2D eigenvalue weighted by molar-refractivity contribution is -0.142. The molecule has 5 heteroatoms. The Hall–Kier alpha value is -2.04. The molecule has 1 fully saturated rings. The third kappa shape index (κ3) is 3.65. The fourth-order valence-electron chi connectivity index (χ4n) is 3.92. The molecular formula is C20H28N2O3. The van der Waals surface area contributed by atoms with Crippen LogP contribution in [-0.2, 0) is 16.0 Å². The second-order valence-electron chi connectivity index (χ2n) is 8.29. The number of hydrogen-bond donors (Lipinski definition) is 2. The first-order valence-electron chi connectivity index (χ1n) is 9.18. The number of likely N-dealkylation sites (tertiary alicyclic amines) is 1. The molecule has 2 atom stereocenters. The third-order valence-corrected chi connectivity index (χ3v) is 5.28. The Morgan fingerprint density at radius 2 is 2.00 bits per heavy atom. The van der Waals surface area contributed by atoms with Gasteiger partial charge in [0.15, 0.2) is 0 Å². The van der Waals surface area contributed by atoms with Crippen molar-refractivity contribution in [2.75, 3.05) is 13.1 Å². The number of fused-ring (bicyclic) bond motifs is 1. The van der Waals surface area contributed by atoms with Crippen molar-refractivity contribution in [3.8, 4) is 5.75 Å². The van der Waals surface area contributed by atoms with Crippen LogP contribution in [0.25, 0.3) is 0 Å². The van der Waals surface area contributed by atoms with Crippen molar-refractivity contribution in [3.63, 3.8) is 0 Å². The van der Waals surface area contributed by atoms with Crippen LogP contribution in [0.2, 0.25) is 0 Å². The van der Waals surface area contributed by atoms with E-state index in [1.54, 1.807) is 6.07 Å². The van der Waals surface area contributed by atoms with Crippen LogP contribution in [0, 0.1) is 11.3 Å². The first kappa shape index (κ1) is 17.8. The molecule has 3 rings (SSSR count). The molecule has 1 aromatic carbocycles. The molecule has 1 saturated heterocycles. The van der Waals surface area contributed by atoms with Gasteiger partial charge in [0.2, 0.25) is 11.8 Å². The Bertz CT molecular complexity index is 678. The summed E-state index contributed by atoms with van der Waals surface area (Å²) >= 11 is 0. The van der Waals surface area contributed by atoms with E-state index in [9.17, 15) is 14.7 Å². The molecule has 2 amide bonds. The van der Waals surface area contributed by atoms with Gasteiger partial charge in [0.25, 0.3) is 0 Å². The third-order valence-electron chi connectivity index (χ3n) is 5.28. The topological polar surface area (TPSA) is 69.6 Å². The summed E-state index contributed by atoms with van der Waals surface area (Å²) in [5.41, 5.74) is 1.55. The van der Waals surface area contributed by atoms with Crippen molar-refractivity contribution in [1.82, 2.24) is 10.2 Å². The minimum Gasteiger partial charge on any atom is -0.508 e. The molecule has 1 aliphatic heterocycles. The molecule has 1 aromatic rings. The summed E-state index contributed by atoms with van der Waals surface area (Å²) in [4.78, 5) is 27.1. The summed E-state index contributed by atoms with van der Waals surface area (Å²) in [5, 5.41) is 13.1. The number of aromatic hydroxyl groups is 1. The minimum absolute atomic E-state index is 0.0209. The first-order chi connectivity index (χ1) is 11.8. The zero-order valence-corrected chi connectivity index (χ0v) is 15.3. The normalized spacial score (nSPS) is 23.2. The highest BCUT2D eigenvalue weighted by atomic mass is 16.3. The van der Waals surface area contributed by atoms with Gasteiger partial charge in [-0.15, -0.1) is 0 Å². The highest BCUT2D eigenvalue weighted by Gasteiger charge is 2.35. The SMILES string of the molecule is CC(C)(C)C(=O)N1CCC[C@H](C(=O)N[C@H]2CCc3c(O)cccc32)C1. The van der Waals surface area contributed by atoms with E-state index in [1.807, 2.05) is 37.8 Å². The van der Waals surface area contributed by atoms with Gasteiger partial charge in [-0.25, -0.2) is 0 Å². The van der Waals surface area contributed by atoms with Gasteiger partial charge >= 0.3 is 0 Å². The highest BCUT2D eigenvalue weighted by Crippen LogP contribution is 2.36. The maximum Gasteiger partial charge on any atom is 0.227 e. The van der Waals surface area contributed by atoms with Crippen LogP contribution >= 0.6 is 0 Å². The number of amides is 2. The smallest absolute Gasteiger partial charge is 0.227 e. The molecule has 0 unspecified atom stereocenters. The van der Waals surface area contributed by atoms with Crippen LogP contribution in [0.1, 0.15) is 57.2 Å². The number of phenolic OH excluding ortho intramolecular Hbond substituents is 1. The number of benzene rings is 1. The standard InChI is InChI=1S/C20H28N2O3/c1-20(2,3)19(25)22-11-5-6-13(12-22)18(24)21-16-10-9-15-14(16)7-4-8-17(15)23/h4,7-8,13,16,23H,5-6,9-12H2,1-3H3,(H,21,24)/t13-,16-/m0/s1. The number of rotatable bonds is 2. The fraction of sp³-hybridized carbons (Fsp3) is 0.600. The average Bonchev–Trinajstić information content (AvgIpc) is 2.98. The molecule has 136 valence electrons. The fourth-order valence-corrected chi connectivity index (χ4v) is 3.92. The van der Waals surface area contributed by atoms with Crippen LogP contribution in [0.3, 0.4) is 0 Å². The Morgan fingerprint density at radius 1 is 1.24 bits per heavy atom. The number of carbonyl (C=O) groups excluding carboxylic acids is 2. The van der Waals surface area contributed by atoms with Crippen molar-refractivity contribution in [2.24, 2.45) is 11.3 Å². The Balaban J connectivity index is 1.65. The van der Waals surface area contributed by atoms with Crippen LogP contribution < -0.4 is 5.32 Å². The number of hydrogen-bond acceptors (Lipinski definition) is 3. The monoisotopic (exact) mass is 344 g/mol. The van der Waals surface area contributed by atoms with Crippen molar-refractivity contribution in [2.45, 2.75) is 52.5 Å². The van der Waals surface area contributed by atoms with Crippen LogP contribution in [0.5, 0.6) is 5.75 Å². The van der Waals surface area contributed by atoms with Crippen LogP contribution in [0.15, 0.2) is 18.2 Å². The van der Waals surface area contributed by atoms with E-state index in [2.05, 4.69) is 5.32 Å². The molecule has 25 heavy (non-hydrogen) atoms. The van der Waals surface area contributed by atoms with Gasteiger partial charge in [0.1, 0.15) is 5.75 Å². The average molecular weight is 344 g/mol. The van der Waals surface area contributed by atoms with Crippen molar-refractivity contribution < 1.29 is 14.7 Å². The first-order valence-corrected chi connectivity index (χ1v) is 9.18. The van der Waals surface area contributed by atoms with Crippen molar-refractivity contribution in [3.05, 3.63) is 29.3 Å². The number of phenols is 1. The van der Waals surface area contributed by atoms with E-state index in [4.69, 9.17) is 0 Å². The second-order valence-corrected chi connectivity index (χ2v) is 8.29. The Morgan fingerprint density at radius 3 is 2.72 bits per heavy atom. The molecule has 0 saturated carbocycles. The van der Waals surface area contributed by atoms with Gasteiger partial charge in [-0.2, -0.15) is 0 Å². The van der Waals surface area contributed by atoms with Gasteiger partial charge in [-0.3, -0.25) is 9.59 Å². The van der Waals surface area contributed by atoms with E-state index in [-0.39, 0.29) is 23.8 Å². The molecule has 0 aromatic heterocycles. The molecule has 5 nitrogen and oxygen atoms in total. The van der Waals surface area contributed by atoms with E-state index < -0.39 is 5.41 Å². The minimum atomic E-state index is -0.416. The summed E-state index contributed by atoms with van der Waals surface area (Å²) in [5.74, 6) is 0.295. The summed E-state index contributed by atoms with van der Waals surface area (Å²) in [7, 11) is 0. The van der Waals surface area contributed by atoms with Gasteiger partial charge < -0.3 is 15.3 Å². The lowest BCUT2D eigenvalue weighted by atomic mass is 9.90. The van der Waals surface area contributed by atoms with Gasteiger partial charge in [-0.1, -0.05) is 32.9 Å². The molecule has 1 heterocycles. The number of carbonyl (C=O) groups is 2. The Kier molecular flexibility index (Phi) is 4.76.